The number of ether oxygens (including phenoxy) is 2. The molecule has 0 bridgehead atoms. The van der Waals surface area contributed by atoms with Crippen LogP contribution in [0.1, 0.15) is 37.5 Å². The molecule has 0 radical (unpaired) electrons. The third-order valence-corrected chi connectivity index (χ3v) is 4.50. The lowest BCUT2D eigenvalue weighted by Crippen LogP contribution is -2.37. The maximum Gasteiger partial charge on any atom is 0.0867 e. The van der Waals surface area contributed by atoms with Gasteiger partial charge in [-0.2, -0.15) is 0 Å². The Balaban J connectivity index is 1.57. The topological polar surface area (TPSA) is 18.5 Å². The fourth-order valence-corrected chi connectivity index (χ4v) is 3.02. The molecule has 0 aromatic heterocycles. The van der Waals surface area contributed by atoms with Gasteiger partial charge in [0.1, 0.15) is 0 Å². The molecule has 0 N–H and O–H groups in total. The van der Waals surface area contributed by atoms with Crippen molar-refractivity contribution >= 4 is 0 Å². The lowest BCUT2D eigenvalue weighted by molar-refractivity contribution is -0.0838. The summed E-state index contributed by atoms with van der Waals surface area (Å²) >= 11 is 0. The lowest BCUT2D eigenvalue weighted by Gasteiger charge is -2.37. The van der Waals surface area contributed by atoms with E-state index in [9.17, 15) is 0 Å². The summed E-state index contributed by atoms with van der Waals surface area (Å²) in [7, 11) is 0. The smallest absolute Gasteiger partial charge is 0.0867 e. The maximum absolute atomic E-state index is 6.37. The Morgan fingerprint density at radius 2 is 1.67 bits per heavy atom. The predicted molar refractivity (Wildman–Crippen MR) is 97.7 cm³/mol. The van der Waals surface area contributed by atoms with Crippen molar-refractivity contribution in [2.45, 2.75) is 39.1 Å². The van der Waals surface area contributed by atoms with Gasteiger partial charge in [-0.25, -0.2) is 0 Å². The Bertz CT molecular complexity index is 646. The van der Waals surface area contributed by atoms with Crippen molar-refractivity contribution in [3.63, 3.8) is 0 Å². The van der Waals surface area contributed by atoms with Crippen LogP contribution in [-0.2, 0) is 16.1 Å². The van der Waals surface area contributed by atoms with Gasteiger partial charge in [0.25, 0.3) is 0 Å². The van der Waals surface area contributed by atoms with Crippen molar-refractivity contribution in [3.8, 4) is 0 Å². The molecule has 1 heterocycles. The van der Waals surface area contributed by atoms with E-state index >= 15 is 0 Å². The predicted octanol–water partition coefficient (Wildman–Crippen LogP) is 5.32. The van der Waals surface area contributed by atoms with Gasteiger partial charge < -0.3 is 9.47 Å². The van der Waals surface area contributed by atoms with E-state index in [1.807, 2.05) is 24.3 Å². The standard InChI is InChI=1S/C22H26O2/c1-22(2,17-23-16-18-10-5-3-6-11-18)21-15-9-14-20(24-21)19-12-7-4-8-13-19/h3-13,15,20-21H,14,16-17H2,1-2H3/t20-,21+/m1/s1. The van der Waals surface area contributed by atoms with E-state index in [-0.39, 0.29) is 17.6 Å². The zero-order valence-electron chi connectivity index (χ0n) is 14.5. The van der Waals surface area contributed by atoms with E-state index in [4.69, 9.17) is 9.47 Å². The average molecular weight is 322 g/mol. The summed E-state index contributed by atoms with van der Waals surface area (Å²) in [4.78, 5) is 0. The molecule has 2 aromatic carbocycles. The van der Waals surface area contributed by atoms with Gasteiger partial charge in [0, 0.05) is 5.41 Å². The largest absolute Gasteiger partial charge is 0.376 e. The van der Waals surface area contributed by atoms with Crippen molar-refractivity contribution in [2.75, 3.05) is 6.61 Å². The molecule has 24 heavy (non-hydrogen) atoms. The average Bonchev–Trinajstić information content (AvgIpc) is 2.63. The molecule has 0 aliphatic carbocycles. The van der Waals surface area contributed by atoms with Crippen LogP contribution in [0, 0.1) is 5.41 Å². The molecule has 0 saturated carbocycles. The molecule has 126 valence electrons. The van der Waals surface area contributed by atoms with Crippen LogP contribution in [0.2, 0.25) is 0 Å². The molecule has 0 amide bonds. The summed E-state index contributed by atoms with van der Waals surface area (Å²) in [5.41, 5.74) is 2.38. The summed E-state index contributed by atoms with van der Waals surface area (Å²) in [5.74, 6) is 0. The van der Waals surface area contributed by atoms with Crippen LogP contribution >= 0.6 is 0 Å². The Morgan fingerprint density at radius 3 is 2.38 bits per heavy atom. The van der Waals surface area contributed by atoms with Gasteiger partial charge in [-0.15, -0.1) is 0 Å². The first-order valence-electron chi connectivity index (χ1n) is 8.64. The normalized spacial score (nSPS) is 20.9. The number of benzene rings is 2. The van der Waals surface area contributed by atoms with Gasteiger partial charge in [-0.1, -0.05) is 86.7 Å². The molecule has 2 aromatic rings. The Hall–Kier alpha value is -1.90. The van der Waals surface area contributed by atoms with E-state index in [0.717, 1.165) is 6.42 Å². The highest BCUT2D eigenvalue weighted by atomic mass is 16.5. The highest BCUT2D eigenvalue weighted by molar-refractivity contribution is 5.20. The van der Waals surface area contributed by atoms with E-state index in [1.54, 1.807) is 0 Å². The van der Waals surface area contributed by atoms with Crippen LogP contribution in [0.15, 0.2) is 72.8 Å². The Morgan fingerprint density at radius 1 is 1.00 bits per heavy atom. The molecule has 3 rings (SSSR count). The van der Waals surface area contributed by atoms with Crippen LogP contribution in [0.25, 0.3) is 0 Å². The first kappa shape index (κ1) is 16.9. The monoisotopic (exact) mass is 322 g/mol. The van der Waals surface area contributed by atoms with Crippen molar-refractivity contribution in [1.82, 2.24) is 0 Å². The van der Waals surface area contributed by atoms with Crippen molar-refractivity contribution in [2.24, 2.45) is 5.41 Å². The molecular formula is C22H26O2. The molecule has 2 nitrogen and oxygen atoms in total. The van der Waals surface area contributed by atoms with Gasteiger partial charge in [-0.05, 0) is 17.5 Å². The summed E-state index contributed by atoms with van der Waals surface area (Å²) in [5, 5.41) is 0. The molecule has 2 atom stereocenters. The number of rotatable bonds is 6. The SMILES string of the molecule is CC(C)(COCc1ccccc1)[C@@H]1C=CC[C@H](c2ccccc2)O1. The van der Waals surface area contributed by atoms with Crippen molar-refractivity contribution in [3.05, 3.63) is 83.9 Å². The molecule has 2 heteroatoms. The van der Waals surface area contributed by atoms with Gasteiger partial charge in [0.05, 0.1) is 25.4 Å². The Kier molecular flexibility index (Phi) is 5.49. The third kappa shape index (κ3) is 4.34. The molecule has 0 spiro atoms. The van der Waals surface area contributed by atoms with E-state index < -0.39 is 0 Å². The molecule has 0 fully saturated rings. The van der Waals surface area contributed by atoms with Gasteiger partial charge in [-0.3, -0.25) is 0 Å². The van der Waals surface area contributed by atoms with Crippen LogP contribution in [0.3, 0.4) is 0 Å². The number of hydrogen-bond donors (Lipinski definition) is 0. The van der Waals surface area contributed by atoms with Crippen LogP contribution in [0.4, 0.5) is 0 Å². The number of hydrogen-bond acceptors (Lipinski definition) is 2. The van der Waals surface area contributed by atoms with Gasteiger partial charge >= 0.3 is 0 Å². The zero-order valence-corrected chi connectivity index (χ0v) is 14.5. The van der Waals surface area contributed by atoms with Crippen LogP contribution < -0.4 is 0 Å². The fraction of sp³-hybridized carbons (Fsp3) is 0.364. The summed E-state index contributed by atoms with van der Waals surface area (Å²) in [6, 6.07) is 20.8. The lowest BCUT2D eigenvalue weighted by atomic mass is 9.85. The van der Waals surface area contributed by atoms with Crippen molar-refractivity contribution < 1.29 is 9.47 Å². The van der Waals surface area contributed by atoms with Crippen LogP contribution in [-0.4, -0.2) is 12.7 Å². The van der Waals surface area contributed by atoms with Crippen molar-refractivity contribution in [1.29, 1.82) is 0 Å². The highest BCUT2D eigenvalue weighted by Gasteiger charge is 2.33. The molecule has 1 aliphatic heterocycles. The molecule has 0 unspecified atom stereocenters. The van der Waals surface area contributed by atoms with Crippen LogP contribution in [0.5, 0.6) is 0 Å². The fourth-order valence-electron chi connectivity index (χ4n) is 3.02. The Labute approximate surface area is 145 Å². The van der Waals surface area contributed by atoms with E-state index in [0.29, 0.717) is 13.2 Å². The highest BCUT2D eigenvalue weighted by Crippen LogP contribution is 2.35. The summed E-state index contributed by atoms with van der Waals surface area (Å²) in [6.45, 7) is 5.72. The van der Waals surface area contributed by atoms with E-state index in [2.05, 4.69) is 62.4 Å². The molecule has 1 aliphatic rings. The zero-order chi connectivity index (χ0) is 16.8. The minimum absolute atomic E-state index is 0.0622. The second-order valence-electron chi connectivity index (χ2n) is 7.09. The minimum atomic E-state index is -0.0707. The molecular weight excluding hydrogens is 296 g/mol. The molecule has 0 saturated heterocycles. The first-order chi connectivity index (χ1) is 11.6. The summed E-state index contributed by atoms with van der Waals surface area (Å²) in [6.07, 6.45) is 5.55. The quantitative estimate of drug-likeness (QED) is 0.670. The first-order valence-corrected chi connectivity index (χ1v) is 8.64. The van der Waals surface area contributed by atoms with E-state index in [1.165, 1.54) is 11.1 Å². The summed E-state index contributed by atoms with van der Waals surface area (Å²) < 4.78 is 12.3. The minimum Gasteiger partial charge on any atom is -0.376 e. The van der Waals surface area contributed by atoms with Gasteiger partial charge in [0.15, 0.2) is 0 Å². The second-order valence-corrected chi connectivity index (χ2v) is 7.09. The van der Waals surface area contributed by atoms with Gasteiger partial charge in [0.2, 0.25) is 0 Å². The second kappa shape index (κ2) is 7.78. The maximum atomic E-state index is 6.37. The third-order valence-electron chi connectivity index (χ3n) is 4.50.